The smallest absolute Gasteiger partial charge is 0.0786 e. The molecular weight excluding hydrogens is 216 g/mol. The predicted octanol–water partition coefficient (Wildman–Crippen LogP) is 3.12. The van der Waals surface area contributed by atoms with Gasteiger partial charge in [-0.25, -0.2) is 0 Å². The van der Waals surface area contributed by atoms with E-state index in [1.807, 2.05) is 0 Å². The number of hydrogen-bond acceptors (Lipinski definition) is 1. The van der Waals surface area contributed by atoms with E-state index in [4.69, 9.17) is 4.74 Å². The lowest BCUT2D eigenvalue weighted by Gasteiger charge is -2.56. The van der Waals surface area contributed by atoms with Gasteiger partial charge in [-0.2, -0.15) is 0 Å². The van der Waals surface area contributed by atoms with Gasteiger partial charge in [0.2, 0.25) is 0 Å². The average Bonchev–Trinajstić information content (AvgIpc) is 1.91. The molecule has 2 aliphatic heterocycles. The first kappa shape index (κ1) is 9.01. The summed E-state index contributed by atoms with van der Waals surface area (Å²) in [7, 11) is 0. The van der Waals surface area contributed by atoms with E-state index in [0.29, 0.717) is 4.83 Å². The molecule has 2 saturated heterocycles. The van der Waals surface area contributed by atoms with Crippen LogP contribution in [0.1, 0.15) is 40.0 Å². The van der Waals surface area contributed by atoms with Gasteiger partial charge >= 0.3 is 0 Å². The fourth-order valence-electron chi connectivity index (χ4n) is 2.67. The maximum absolute atomic E-state index is 6.13. The molecule has 3 atom stereocenters. The maximum atomic E-state index is 6.13. The summed E-state index contributed by atoms with van der Waals surface area (Å²) in [5.74, 6) is 0.753. The highest BCUT2D eigenvalue weighted by molar-refractivity contribution is 9.09. The quantitative estimate of drug-likeness (QED) is 0.584. The number of ether oxygens (including phenoxy) is 1. The monoisotopic (exact) mass is 232 g/mol. The molecule has 3 fully saturated rings. The fourth-order valence-corrected chi connectivity index (χ4v) is 3.44. The van der Waals surface area contributed by atoms with Gasteiger partial charge in [0.1, 0.15) is 0 Å². The molecule has 2 bridgehead atoms. The summed E-state index contributed by atoms with van der Waals surface area (Å²) >= 11 is 3.73. The van der Waals surface area contributed by atoms with E-state index in [2.05, 4.69) is 36.7 Å². The van der Waals surface area contributed by atoms with Crippen molar-refractivity contribution in [2.75, 3.05) is 0 Å². The second kappa shape index (κ2) is 2.48. The zero-order chi connectivity index (χ0) is 8.98. The summed E-state index contributed by atoms with van der Waals surface area (Å²) in [6.07, 6.45) is 3.84. The van der Waals surface area contributed by atoms with E-state index in [9.17, 15) is 0 Å². The molecule has 1 aliphatic carbocycles. The van der Waals surface area contributed by atoms with Crippen molar-refractivity contribution < 1.29 is 4.74 Å². The van der Waals surface area contributed by atoms with Crippen molar-refractivity contribution in [3.05, 3.63) is 0 Å². The van der Waals surface area contributed by atoms with Crippen LogP contribution in [0.15, 0.2) is 0 Å². The van der Waals surface area contributed by atoms with Crippen LogP contribution in [0.5, 0.6) is 0 Å². The standard InChI is InChI=1S/C10H17BrO/c1-9(2)7-4-5-10(3,12-9)8(11)6-7/h7-8H,4-6H2,1-3H3/t7-,8+,10+/m1/s1. The van der Waals surface area contributed by atoms with E-state index in [1.54, 1.807) is 0 Å². The maximum Gasteiger partial charge on any atom is 0.0786 e. The molecule has 3 rings (SSSR count). The highest BCUT2D eigenvalue weighted by atomic mass is 79.9. The Labute approximate surface area is 83.0 Å². The zero-order valence-corrected chi connectivity index (χ0v) is 9.65. The normalized spacial score (nSPS) is 51.0. The van der Waals surface area contributed by atoms with Crippen LogP contribution in [-0.4, -0.2) is 16.0 Å². The molecule has 1 saturated carbocycles. The van der Waals surface area contributed by atoms with Crippen LogP contribution >= 0.6 is 15.9 Å². The topological polar surface area (TPSA) is 9.23 Å². The number of hydrogen-bond donors (Lipinski definition) is 0. The van der Waals surface area contributed by atoms with Crippen molar-refractivity contribution in [1.29, 1.82) is 0 Å². The van der Waals surface area contributed by atoms with Gasteiger partial charge < -0.3 is 4.74 Å². The lowest BCUT2D eigenvalue weighted by atomic mass is 9.69. The number of rotatable bonds is 0. The summed E-state index contributed by atoms with van der Waals surface area (Å²) in [4.78, 5) is 0.566. The van der Waals surface area contributed by atoms with E-state index in [-0.39, 0.29) is 11.2 Å². The molecule has 0 aromatic heterocycles. The van der Waals surface area contributed by atoms with Crippen LogP contribution in [0.25, 0.3) is 0 Å². The van der Waals surface area contributed by atoms with Crippen LogP contribution in [0.2, 0.25) is 0 Å². The minimum Gasteiger partial charge on any atom is -0.368 e. The Morgan fingerprint density at radius 2 is 2.00 bits per heavy atom. The zero-order valence-electron chi connectivity index (χ0n) is 8.06. The third kappa shape index (κ3) is 1.15. The predicted molar refractivity (Wildman–Crippen MR) is 53.6 cm³/mol. The van der Waals surface area contributed by atoms with Gasteiger partial charge in [0.15, 0.2) is 0 Å². The molecule has 70 valence electrons. The summed E-state index contributed by atoms with van der Waals surface area (Å²) in [5, 5.41) is 0. The van der Waals surface area contributed by atoms with Gasteiger partial charge in [-0.15, -0.1) is 0 Å². The van der Waals surface area contributed by atoms with Crippen LogP contribution in [-0.2, 0) is 4.74 Å². The minimum atomic E-state index is 0.0955. The number of fused-ring (bicyclic) bond motifs is 3. The summed E-state index contributed by atoms with van der Waals surface area (Å²) in [6.45, 7) is 6.70. The van der Waals surface area contributed by atoms with E-state index in [0.717, 1.165) is 5.92 Å². The second-order valence-electron chi connectivity index (χ2n) is 4.96. The van der Waals surface area contributed by atoms with E-state index in [1.165, 1.54) is 19.3 Å². The Morgan fingerprint density at radius 1 is 1.33 bits per heavy atom. The molecule has 1 nitrogen and oxygen atoms in total. The number of halogens is 1. The highest BCUT2D eigenvalue weighted by Gasteiger charge is 2.52. The Balaban J connectivity index is 2.26. The molecule has 2 heterocycles. The largest absolute Gasteiger partial charge is 0.368 e. The van der Waals surface area contributed by atoms with E-state index >= 15 is 0 Å². The molecule has 0 aromatic carbocycles. The molecule has 0 aromatic rings. The molecule has 2 heteroatoms. The Hall–Kier alpha value is 0.440. The SMILES string of the molecule is CC1(C)O[C@@]2(C)CC[C@@H]1C[C@@H]2Br. The van der Waals surface area contributed by atoms with Crippen LogP contribution in [0.3, 0.4) is 0 Å². The van der Waals surface area contributed by atoms with Crippen molar-refractivity contribution >= 4 is 15.9 Å². The molecule has 0 spiro atoms. The molecule has 0 amide bonds. The van der Waals surface area contributed by atoms with Crippen molar-refractivity contribution in [3.8, 4) is 0 Å². The molecule has 0 radical (unpaired) electrons. The Kier molecular flexibility index (Phi) is 1.86. The van der Waals surface area contributed by atoms with Crippen LogP contribution in [0, 0.1) is 5.92 Å². The lowest BCUT2D eigenvalue weighted by Crippen LogP contribution is -2.59. The third-order valence-corrected chi connectivity index (χ3v) is 4.96. The summed E-state index contributed by atoms with van der Waals surface area (Å²) < 4.78 is 6.13. The Morgan fingerprint density at radius 3 is 2.33 bits per heavy atom. The fraction of sp³-hybridized carbons (Fsp3) is 1.00. The lowest BCUT2D eigenvalue weighted by molar-refractivity contribution is -0.224. The van der Waals surface area contributed by atoms with Gasteiger partial charge in [-0.05, 0) is 46.0 Å². The first-order valence-electron chi connectivity index (χ1n) is 4.78. The van der Waals surface area contributed by atoms with Gasteiger partial charge in [-0.3, -0.25) is 0 Å². The molecular formula is C10H17BrO. The average molecular weight is 233 g/mol. The molecule has 12 heavy (non-hydrogen) atoms. The van der Waals surface area contributed by atoms with Crippen molar-refractivity contribution in [2.45, 2.75) is 56.1 Å². The van der Waals surface area contributed by atoms with Crippen molar-refractivity contribution in [2.24, 2.45) is 5.92 Å². The summed E-state index contributed by atoms with van der Waals surface area (Å²) in [5.41, 5.74) is 0.204. The third-order valence-electron chi connectivity index (χ3n) is 3.62. The Bertz CT molecular complexity index is 202. The van der Waals surface area contributed by atoms with Gasteiger partial charge in [0.05, 0.1) is 11.2 Å². The van der Waals surface area contributed by atoms with Crippen LogP contribution in [0.4, 0.5) is 0 Å². The van der Waals surface area contributed by atoms with Gasteiger partial charge in [-0.1, -0.05) is 15.9 Å². The highest BCUT2D eigenvalue weighted by Crippen LogP contribution is 2.51. The van der Waals surface area contributed by atoms with E-state index < -0.39 is 0 Å². The first-order valence-corrected chi connectivity index (χ1v) is 5.70. The second-order valence-corrected chi connectivity index (χ2v) is 6.06. The van der Waals surface area contributed by atoms with Gasteiger partial charge in [0, 0.05) is 4.83 Å². The summed E-state index contributed by atoms with van der Waals surface area (Å²) in [6, 6.07) is 0. The molecule has 3 aliphatic rings. The van der Waals surface area contributed by atoms with Crippen molar-refractivity contribution in [3.63, 3.8) is 0 Å². The minimum absolute atomic E-state index is 0.0955. The molecule has 0 unspecified atom stereocenters. The van der Waals surface area contributed by atoms with Gasteiger partial charge in [0.25, 0.3) is 0 Å². The van der Waals surface area contributed by atoms with Crippen LogP contribution < -0.4 is 0 Å². The van der Waals surface area contributed by atoms with Crippen molar-refractivity contribution in [1.82, 2.24) is 0 Å². The first-order chi connectivity index (χ1) is 5.44. The number of alkyl halides is 1. The molecule has 0 N–H and O–H groups in total.